The van der Waals surface area contributed by atoms with E-state index in [1.807, 2.05) is 19.1 Å². The maximum absolute atomic E-state index is 13.5. The number of carbonyl (C=O) groups excluding carboxylic acids is 2. The number of halogens is 2. The Hall–Kier alpha value is -3.25. The van der Waals surface area contributed by atoms with E-state index in [-0.39, 0.29) is 5.82 Å². The number of hydrogen-bond acceptors (Lipinski definition) is 3. The molecule has 1 aromatic heterocycles. The van der Waals surface area contributed by atoms with Gasteiger partial charge in [0.2, 0.25) is 12.8 Å². The predicted octanol–water partition coefficient (Wildman–Crippen LogP) is 6.42. The summed E-state index contributed by atoms with van der Waals surface area (Å²) in [6.07, 6.45) is 6.29. The van der Waals surface area contributed by atoms with Crippen molar-refractivity contribution in [2.45, 2.75) is 45.6 Å². The van der Waals surface area contributed by atoms with Gasteiger partial charge >= 0.3 is 0 Å². The Morgan fingerprint density at radius 2 is 1.65 bits per heavy atom. The second kappa shape index (κ2) is 14.8. The van der Waals surface area contributed by atoms with Crippen molar-refractivity contribution in [2.24, 2.45) is 5.92 Å². The van der Waals surface area contributed by atoms with E-state index in [0.717, 1.165) is 23.6 Å². The molecule has 0 aliphatic heterocycles. The summed E-state index contributed by atoms with van der Waals surface area (Å²) < 4.78 is 13.5. The van der Waals surface area contributed by atoms with E-state index in [1.165, 1.54) is 31.7 Å². The molecule has 180 valence electrons. The zero-order valence-electron chi connectivity index (χ0n) is 19.5. The topological polar surface area (TPSA) is 71.1 Å². The van der Waals surface area contributed by atoms with Gasteiger partial charge in [-0.15, -0.1) is 0 Å². The van der Waals surface area contributed by atoms with Gasteiger partial charge in [0.15, 0.2) is 0 Å². The third-order valence-electron chi connectivity index (χ3n) is 5.45. The first-order valence-corrected chi connectivity index (χ1v) is 11.6. The molecule has 2 amide bonds. The highest BCUT2D eigenvalue weighted by molar-refractivity contribution is 6.29. The third kappa shape index (κ3) is 9.71. The fraction of sp³-hybridized carbons (Fsp3) is 0.296. The lowest BCUT2D eigenvalue weighted by molar-refractivity contribution is -0.110. The van der Waals surface area contributed by atoms with Crippen LogP contribution in [0.1, 0.15) is 38.3 Å². The minimum absolute atomic E-state index is 0.272. The van der Waals surface area contributed by atoms with Crippen LogP contribution in [0.25, 0.3) is 11.1 Å². The molecular formula is C27H31ClFN3O2. The molecule has 2 aromatic carbocycles. The molecule has 34 heavy (non-hydrogen) atoms. The molecule has 4 rings (SSSR count). The molecule has 3 aromatic rings. The standard InChI is InChI=1S/C13H10FNO.C8H15NO.C6H6ClN/c14-13-7-2-1-6-12(13)10-4-3-5-11(8-10)15-9-16;1-7-2-4-8(5-3-7)9-6-10;1-5-3-2-4-6(7)8-5/h1-9H,(H,15,16);6-8H,2-5H2,1H3,(H,9,10);2-4H,1H3. The van der Waals surface area contributed by atoms with E-state index < -0.39 is 0 Å². The molecule has 0 saturated heterocycles. The van der Waals surface area contributed by atoms with Gasteiger partial charge in [-0.2, -0.15) is 0 Å². The molecule has 0 bridgehead atoms. The summed E-state index contributed by atoms with van der Waals surface area (Å²) in [5, 5.41) is 5.92. The molecule has 1 heterocycles. The number of nitrogens with one attached hydrogen (secondary N) is 2. The van der Waals surface area contributed by atoms with Crippen LogP contribution in [0.5, 0.6) is 0 Å². The van der Waals surface area contributed by atoms with E-state index in [0.29, 0.717) is 28.9 Å². The number of nitrogens with zero attached hydrogens (tertiary/aromatic N) is 1. The normalized spacial score (nSPS) is 16.6. The Balaban J connectivity index is 0.000000195. The number of carbonyl (C=O) groups is 2. The van der Waals surface area contributed by atoms with Gasteiger partial charge in [0, 0.05) is 23.0 Å². The summed E-state index contributed by atoms with van der Waals surface area (Å²) >= 11 is 5.53. The van der Waals surface area contributed by atoms with Gasteiger partial charge in [-0.05, 0) is 74.4 Å². The van der Waals surface area contributed by atoms with E-state index >= 15 is 0 Å². The van der Waals surface area contributed by atoms with Gasteiger partial charge in [0.1, 0.15) is 11.0 Å². The van der Waals surface area contributed by atoms with Crippen LogP contribution in [0.2, 0.25) is 5.15 Å². The summed E-state index contributed by atoms with van der Waals surface area (Å²) in [6, 6.07) is 19.6. The van der Waals surface area contributed by atoms with Crippen LogP contribution in [0.3, 0.4) is 0 Å². The SMILES string of the molecule is CC1CCC(NC=O)CC1.Cc1cccc(Cl)n1.O=CNc1cccc(-c2ccccc2F)c1. The second-order valence-corrected chi connectivity index (χ2v) is 8.55. The van der Waals surface area contributed by atoms with Gasteiger partial charge < -0.3 is 10.6 Å². The maximum atomic E-state index is 13.5. The molecule has 0 radical (unpaired) electrons. The molecule has 2 N–H and O–H groups in total. The van der Waals surface area contributed by atoms with Gasteiger partial charge in [-0.3, -0.25) is 9.59 Å². The number of hydrogen-bond donors (Lipinski definition) is 2. The second-order valence-electron chi connectivity index (χ2n) is 8.17. The first-order valence-electron chi connectivity index (χ1n) is 11.3. The Kier molecular flexibility index (Phi) is 11.8. The van der Waals surface area contributed by atoms with Crippen molar-refractivity contribution in [1.82, 2.24) is 10.3 Å². The summed E-state index contributed by atoms with van der Waals surface area (Å²) in [7, 11) is 0. The number of benzene rings is 2. The number of rotatable bonds is 5. The maximum Gasteiger partial charge on any atom is 0.211 e. The van der Waals surface area contributed by atoms with Crippen molar-refractivity contribution in [3.63, 3.8) is 0 Å². The van der Waals surface area contributed by atoms with Crippen LogP contribution in [-0.4, -0.2) is 23.8 Å². The molecule has 0 spiro atoms. The van der Waals surface area contributed by atoms with Crippen LogP contribution in [-0.2, 0) is 9.59 Å². The molecule has 1 fully saturated rings. The lowest BCUT2D eigenvalue weighted by atomic mass is 9.87. The molecule has 7 heteroatoms. The van der Waals surface area contributed by atoms with Crippen molar-refractivity contribution in [3.8, 4) is 11.1 Å². The monoisotopic (exact) mass is 483 g/mol. The van der Waals surface area contributed by atoms with Gasteiger partial charge in [0.25, 0.3) is 0 Å². The summed E-state index contributed by atoms with van der Waals surface area (Å²) in [4.78, 5) is 24.3. The Morgan fingerprint density at radius 1 is 0.941 bits per heavy atom. The average molecular weight is 484 g/mol. The molecule has 0 unspecified atom stereocenters. The minimum Gasteiger partial charge on any atom is -0.356 e. The highest BCUT2D eigenvalue weighted by Crippen LogP contribution is 2.25. The molecule has 0 atom stereocenters. The number of anilines is 1. The van der Waals surface area contributed by atoms with Crippen molar-refractivity contribution < 1.29 is 14.0 Å². The quantitative estimate of drug-likeness (QED) is 0.325. The van der Waals surface area contributed by atoms with Crippen molar-refractivity contribution in [3.05, 3.63) is 83.4 Å². The van der Waals surface area contributed by atoms with E-state index in [1.54, 1.807) is 48.5 Å². The van der Waals surface area contributed by atoms with Crippen LogP contribution < -0.4 is 10.6 Å². The Morgan fingerprint density at radius 3 is 2.24 bits per heavy atom. The van der Waals surface area contributed by atoms with E-state index in [9.17, 15) is 14.0 Å². The fourth-order valence-electron chi connectivity index (χ4n) is 3.57. The number of aryl methyl sites for hydroxylation is 1. The first-order chi connectivity index (χ1) is 16.4. The highest BCUT2D eigenvalue weighted by atomic mass is 35.5. The lowest BCUT2D eigenvalue weighted by Gasteiger charge is -2.25. The predicted molar refractivity (Wildman–Crippen MR) is 136 cm³/mol. The van der Waals surface area contributed by atoms with Gasteiger partial charge in [-0.1, -0.05) is 54.9 Å². The first kappa shape index (κ1) is 27.0. The minimum atomic E-state index is -0.272. The lowest BCUT2D eigenvalue weighted by Crippen LogP contribution is -2.31. The van der Waals surface area contributed by atoms with E-state index in [4.69, 9.17) is 11.6 Å². The van der Waals surface area contributed by atoms with Crippen LogP contribution >= 0.6 is 11.6 Å². The number of amides is 2. The third-order valence-corrected chi connectivity index (χ3v) is 5.66. The molecule has 1 saturated carbocycles. The van der Waals surface area contributed by atoms with Gasteiger partial charge in [-0.25, -0.2) is 9.37 Å². The molecular weight excluding hydrogens is 453 g/mol. The van der Waals surface area contributed by atoms with Crippen LogP contribution in [0.15, 0.2) is 66.7 Å². The Bertz CT molecular complexity index is 1020. The Labute approximate surface area is 205 Å². The smallest absolute Gasteiger partial charge is 0.211 e. The van der Waals surface area contributed by atoms with Crippen molar-refractivity contribution in [1.29, 1.82) is 0 Å². The highest BCUT2D eigenvalue weighted by Gasteiger charge is 2.16. The van der Waals surface area contributed by atoms with E-state index in [2.05, 4.69) is 22.5 Å². The average Bonchev–Trinajstić information content (AvgIpc) is 2.82. The number of aromatic nitrogens is 1. The summed E-state index contributed by atoms with van der Waals surface area (Å²) in [5.41, 5.74) is 2.87. The van der Waals surface area contributed by atoms with Crippen molar-refractivity contribution in [2.75, 3.05) is 5.32 Å². The largest absolute Gasteiger partial charge is 0.356 e. The molecule has 1 aliphatic carbocycles. The summed E-state index contributed by atoms with van der Waals surface area (Å²) in [6.45, 7) is 4.18. The molecule has 1 aliphatic rings. The zero-order valence-corrected chi connectivity index (χ0v) is 20.3. The zero-order chi connectivity index (χ0) is 24.8. The summed E-state index contributed by atoms with van der Waals surface area (Å²) in [5.74, 6) is 0.593. The van der Waals surface area contributed by atoms with Crippen LogP contribution in [0.4, 0.5) is 10.1 Å². The molecule has 5 nitrogen and oxygen atoms in total. The number of pyridine rings is 1. The van der Waals surface area contributed by atoms with Gasteiger partial charge in [0.05, 0.1) is 0 Å². The van der Waals surface area contributed by atoms with Crippen molar-refractivity contribution >= 4 is 30.1 Å². The fourth-order valence-corrected chi connectivity index (χ4v) is 3.78. The van der Waals surface area contributed by atoms with Crippen LogP contribution in [0, 0.1) is 18.7 Å².